The predicted octanol–water partition coefficient (Wildman–Crippen LogP) is 1.92. The summed E-state index contributed by atoms with van der Waals surface area (Å²) in [5, 5.41) is 0. The van der Waals surface area contributed by atoms with E-state index in [0.29, 0.717) is 10.0 Å². The minimum absolute atomic E-state index is 0.0367. The number of ether oxygens (including phenoxy) is 1. The maximum absolute atomic E-state index is 11.5. The number of hydrogen-bond donors (Lipinski definition) is 0. The lowest BCUT2D eigenvalue weighted by Gasteiger charge is -2.08. The molecule has 0 saturated carbocycles. The number of esters is 1. The van der Waals surface area contributed by atoms with Crippen LogP contribution in [0.3, 0.4) is 0 Å². The normalized spacial score (nSPS) is 11.2. The van der Waals surface area contributed by atoms with Crippen LogP contribution in [0.4, 0.5) is 0 Å². The summed E-state index contributed by atoms with van der Waals surface area (Å²) < 4.78 is 28.4. The van der Waals surface area contributed by atoms with Gasteiger partial charge in [-0.2, -0.15) is 0 Å². The highest BCUT2D eigenvalue weighted by molar-refractivity contribution is 9.10. The number of benzene rings is 1. The van der Waals surface area contributed by atoms with Gasteiger partial charge in [-0.25, -0.2) is 8.42 Å². The lowest BCUT2D eigenvalue weighted by Crippen LogP contribution is -2.06. The van der Waals surface area contributed by atoms with Crippen LogP contribution in [-0.4, -0.2) is 20.6 Å². The Morgan fingerprint density at radius 3 is 2.56 bits per heavy atom. The maximum atomic E-state index is 11.5. The molecule has 0 fully saturated rings. The standard InChI is InChI=1S/C10H11BrO4S/c1-7(12)15-6-8-3-4-9(11)5-10(8)16(2,13)14/h3-5H,6H2,1-2H3. The van der Waals surface area contributed by atoms with Gasteiger partial charge in [0.15, 0.2) is 9.84 Å². The summed E-state index contributed by atoms with van der Waals surface area (Å²) in [4.78, 5) is 10.8. The Labute approximate surface area is 103 Å². The van der Waals surface area contributed by atoms with Gasteiger partial charge in [0, 0.05) is 23.2 Å². The van der Waals surface area contributed by atoms with Gasteiger partial charge < -0.3 is 4.74 Å². The van der Waals surface area contributed by atoms with Gasteiger partial charge in [0.1, 0.15) is 6.61 Å². The van der Waals surface area contributed by atoms with Crippen molar-refractivity contribution in [3.05, 3.63) is 28.2 Å². The van der Waals surface area contributed by atoms with Crippen molar-refractivity contribution in [2.75, 3.05) is 6.26 Å². The average Bonchev–Trinajstić information content (AvgIpc) is 2.14. The molecule has 88 valence electrons. The molecule has 0 aliphatic carbocycles. The second-order valence-corrected chi connectivity index (χ2v) is 6.20. The fourth-order valence-corrected chi connectivity index (χ4v) is 2.63. The molecule has 0 amide bonds. The van der Waals surface area contributed by atoms with Crippen LogP contribution in [0.1, 0.15) is 12.5 Å². The van der Waals surface area contributed by atoms with E-state index in [0.717, 1.165) is 6.26 Å². The van der Waals surface area contributed by atoms with Crippen LogP contribution in [0.15, 0.2) is 27.6 Å². The molecule has 0 aliphatic rings. The Balaban J connectivity index is 3.13. The van der Waals surface area contributed by atoms with Gasteiger partial charge in [0.2, 0.25) is 0 Å². The Bertz CT molecular complexity index is 508. The van der Waals surface area contributed by atoms with E-state index in [2.05, 4.69) is 15.9 Å². The lowest BCUT2D eigenvalue weighted by molar-refractivity contribution is -0.142. The van der Waals surface area contributed by atoms with Crippen LogP contribution in [0, 0.1) is 0 Å². The number of rotatable bonds is 3. The third-order valence-electron chi connectivity index (χ3n) is 1.86. The van der Waals surface area contributed by atoms with Crippen LogP contribution in [0.5, 0.6) is 0 Å². The number of hydrogen-bond acceptors (Lipinski definition) is 4. The Morgan fingerprint density at radius 1 is 1.44 bits per heavy atom. The fourth-order valence-electron chi connectivity index (χ4n) is 1.17. The molecule has 6 heteroatoms. The van der Waals surface area contributed by atoms with E-state index in [1.54, 1.807) is 12.1 Å². The molecule has 1 aromatic rings. The SMILES string of the molecule is CC(=O)OCc1ccc(Br)cc1S(C)(=O)=O. The summed E-state index contributed by atoms with van der Waals surface area (Å²) >= 11 is 3.20. The molecule has 0 heterocycles. The van der Waals surface area contributed by atoms with Crippen LogP contribution in [-0.2, 0) is 26.0 Å². The monoisotopic (exact) mass is 306 g/mol. The molecule has 0 spiro atoms. The molecule has 16 heavy (non-hydrogen) atoms. The van der Waals surface area contributed by atoms with Crippen molar-refractivity contribution in [1.82, 2.24) is 0 Å². The highest BCUT2D eigenvalue weighted by Gasteiger charge is 2.14. The molecule has 4 nitrogen and oxygen atoms in total. The third-order valence-corrected chi connectivity index (χ3v) is 3.53. The van der Waals surface area contributed by atoms with Crippen molar-refractivity contribution < 1.29 is 17.9 Å². The second-order valence-electron chi connectivity index (χ2n) is 3.30. The predicted molar refractivity (Wildman–Crippen MR) is 62.7 cm³/mol. The Kier molecular flexibility index (Phi) is 4.09. The highest BCUT2D eigenvalue weighted by atomic mass is 79.9. The van der Waals surface area contributed by atoms with E-state index in [-0.39, 0.29) is 11.5 Å². The van der Waals surface area contributed by atoms with Crippen molar-refractivity contribution in [1.29, 1.82) is 0 Å². The topological polar surface area (TPSA) is 60.4 Å². The van der Waals surface area contributed by atoms with Gasteiger partial charge >= 0.3 is 5.97 Å². The van der Waals surface area contributed by atoms with Crippen LogP contribution < -0.4 is 0 Å². The van der Waals surface area contributed by atoms with Crippen LogP contribution >= 0.6 is 15.9 Å². The zero-order valence-electron chi connectivity index (χ0n) is 8.86. The molecule has 0 atom stereocenters. The van der Waals surface area contributed by atoms with E-state index in [9.17, 15) is 13.2 Å². The smallest absolute Gasteiger partial charge is 0.302 e. The molecular weight excluding hydrogens is 296 g/mol. The summed E-state index contributed by atoms with van der Waals surface area (Å²) in [6.45, 7) is 1.24. The number of halogens is 1. The first-order valence-corrected chi connectivity index (χ1v) is 7.11. The van der Waals surface area contributed by atoms with Crippen LogP contribution in [0.25, 0.3) is 0 Å². The highest BCUT2D eigenvalue weighted by Crippen LogP contribution is 2.21. The average molecular weight is 307 g/mol. The second kappa shape index (κ2) is 4.97. The van der Waals surface area contributed by atoms with Gasteiger partial charge in [-0.05, 0) is 12.1 Å². The van der Waals surface area contributed by atoms with E-state index in [1.165, 1.54) is 13.0 Å². The van der Waals surface area contributed by atoms with Gasteiger partial charge in [-0.3, -0.25) is 4.79 Å². The largest absolute Gasteiger partial charge is 0.461 e. The number of carbonyl (C=O) groups excluding carboxylic acids is 1. The molecule has 0 radical (unpaired) electrons. The molecule has 0 aromatic heterocycles. The number of sulfone groups is 1. The molecule has 0 unspecified atom stereocenters. The molecule has 0 N–H and O–H groups in total. The van der Waals surface area contributed by atoms with Crippen molar-refractivity contribution in [3.8, 4) is 0 Å². The van der Waals surface area contributed by atoms with Crippen molar-refractivity contribution >= 4 is 31.7 Å². The Morgan fingerprint density at radius 2 is 2.06 bits per heavy atom. The minimum Gasteiger partial charge on any atom is -0.461 e. The minimum atomic E-state index is -3.33. The quantitative estimate of drug-likeness (QED) is 0.800. The van der Waals surface area contributed by atoms with Gasteiger partial charge in [-0.1, -0.05) is 22.0 Å². The van der Waals surface area contributed by atoms with E-state index >= 15 is 0 Å². The van der Waals surface area contributed by atoms with E-state index in [4.69, 9.17) is 4.74 Å². The molecule has 0 saturated heterocycles. The Hall–Kier alpha value is -0.880. The summed E-state index contributed by atoms with van der Waals surface area (Å²) in [6.07, 6.45) is 1.12. The van der Waals surface area contributed by atoms with Gasteiger partial charge in [0.25, 0.3) is 0 Å². The third kappa shape index (κ3) is 3.61. The van der Waals surface area contributed by atoms with Crippen molar-refractivity contribution in [3.63, 3.8) is 0 Å². The van der Waals surface area contributed by atoms with E-state index < -0.39 is 15.8 Å². The summed E-state index contributed by atoms with van der Waals surface area (Å²) in [5.74, 6) is -0.442. The molecular formula is C10H11BrO4S. The van der Waals surface area contributed by atoms with Crippen molar-refractivity contribution in [2.24, 2.45) is 0 Å². The lowest BCUT2D eigenvalue weighted by atomic mass is 10.2. The summed E-state index contributed by atoms with van der Waals surface area (Å²) in [6, 6.07) is 4.81. The molecule has 1 aromatic carbocycles. The first kappa shape index (κ1) is 13.2. The van der Waals surface area contributed by atoms with Gasteiger partial charge in [-0.15, -0.1) is 0 Å². The fraction of sp³-hybridized carbons (Fsp3) is 0.300. The van der Waals surface area contributed by atoms with Crippen molar-refractivity contribution in [2.45, 2.75) is 18.4 Å². The zero-order valence-corrected chi connectivity index (χ0v) is 11.3. The van der Waals surface area contributed by atoms with E-state index in [1.807, 2.05) is 0 Å². The first-order chi connectivity index (χ1) is 7.30. The number of carbonyl (C=O) groups is 1. The maximum Gasteiger partial charge on any atom is 0.302 e. The zero-order chi connectivity index (χ0) is 12.3. The van der Waals surface area contributed by atoms with Crippen LogP contribution in [0.2, 0.25) is 0 Å². The molecule has 0 bridgehead atoms. The summed E-state index contributed by atoms with van der Waals surface area (Å²) in [7, 11) is -3.33. The molecule has 0 aliphatic heterocycles. The molecule has 1 rings (SSSR count). The first-order valence-electron chi connectivity index (χ1n) is 4.42. The van der Waals surface area contributed by atoms with Gasteiger partial charge in [0.05, 0.1) is 4.90 Å². The summed E-state index contributed by atoms with van der Waals surface area (Å²) in [5.41, 5.74) is 0.473.